The Balaban J connectivity index is 1.47. The van der Waals surface area contributed by atoms with Crippen LogP contribution >= 0.6 is 0 Å². The minimum Gasteiger partial charge on any atom is -0.366 e. The van der Waals surface area contributed by atoms with Gasteiger partial charge in [-0.3, -0.25) is 4.90 Å². The zero-order valence-electron chi connectivity index (χ0n) is 11.4. The quantitative estimate of drug-likeness (QED) is 0.900. The molecular formula is C15H22N4. The highest BCUT2D eigenvalue weighted by molar-refractivity contribution is 5.47. The predicted octanol–water partition coefficient (Wildman–Crippen LogP) is 2.00. The highest BCUT2D eigenvalue weighted by atomic mass is 15.2. The van der Waals surface area contributed by atoms with E-state index in [-0.39, 0.29) is 0 Å². The Morgan fingerprint density at radius 2 is 2.00 bits per heavy atom. The Morgan fingerprint density at radius 3 is 2.89 bits per heavy atom. The normalized spacial score (nSPS) is 27.3. The molecule has 0 bridgehead atoms. The second-order valence-electron chi connectivity index (χ2n) is 6.21. The van der Waals surface area contributed by atoms with E-state index in [1.807, 2.05) is 0 Å². The first kappa shape index (κ1) is 11.6. The lowest BCUT2D eigenvalue weighted by Crippen LogP contribution is -2.28. The Kier molecular flexibility index (Phi) is 2.91. The molecule has 1 aromatic rings. The lowest BCUT2D eigenvalue weighted by molar-refractivity contribution is 0.326. The second kappa shape index (κ2) is 4.75. The molecule has 0 spiro atoms. The van der Waals surface area contributed by atoms with Gasteiger partial charge in [0.05, 0.1) is 0 Å². The summed E-state index contributed by atoms with van der Waals surface area (Å²) in [6.07, 6.45) is 10.7. The predicted molar refractivity (Wildman–Crippen MR) is 75.3 cm³/mol. The fourth-order valence-corrected chi connectivity index (χ4v) is 3.52. The van der Waals surface area contributed by atoms with E-state index in [9.17, 15) is 0 Å². The standard InChI is InChI=1S/C15H22N4/c1-2-4-14-13(3-1)15(17-10-16-14)18-11-7-8-19(9-11)12-5-6-12/h10-12H,1-9H2,(H,16,17,18). The first-order chi connectivity index (χ1) is 9.40. The molecule has 4 rings (SSSR count). The number of anilines is 1. The average molecular weight is 258 g/mol. The molecule has 0 amide bonds. The van der Waals surface area contributed by atoms with E-state index in [1.165, 1.54) is 56.5 Å². The van der Waals surface area contributed by atoms with Crippen molar-refractivity contribution in [3.05, 3.63) is 17.6 Å². The molecule has 1 saturated carbocycles. The molecule has 2 fully saturated rings. The van der Waals surface area contributed by atoms with E-state index in [2.05, 4.69) is 20.2 Å². The van der Waals surface area contributed by atoms with Crippen molar-refractivity contribution in [1.29, 1.82) is 0 Å². The Bertz CT molecular complexity index is 469. The van der Waals surface area contributed by atoms with Gasteiger partial charge >= 0.3 is 0 Å². The van der Waals surface area contributed by atoms with Crippen LogP contribution in [0.2, 0.25) is 0 Å². The van der Waals surface area contributed by atoms with Crippen LogP contribution in [-0.2, 0) is 12.8 Å². The molecule has 1 atom stereocenters. The molecule has 1 aromatic heterocycles. The monoisotopic (exact) mass is 258 g/mol. The maximum Gasteiger partial charge on any atom is 0.133 e. The van der Waals surface area contributed by atoms with Crippen molar-refractivity contribution in [2.45, 2.75) is 57.0 Å². The van der Waals surface area contributed by atoms with Gasteiger partial charge in [-0.2, -0.15) is 0 Å². The fraction of sp³-hybridized carbons (Fsp3) is 0.733. The van der Waals surface area contributed by atoms with E-state index < -0.39 is 0 Å². The van der Waals surface area contributed by atoms with Gasteiger partial charge < -0.3 is 5.32 Å². The largest absolute Gasteiger partial charge is 0.366 e. The zero-order chi connectivity index (χ0) is 12.7. The molecule has 2 heterocycles. The Hall–Kier alpha value is -1.16. The molecule has 4 heteroatoms. The summed E-state index contributed by atoms with van der Waals surface area (Å²) >= 11 is 0. The maximum absolute atomic E-state index is 4.50. The van der Waals surface area contributed by atoms with Crippen LogP contribution in [0.25, 0.3) is 0 Å². The first-order valence-electron chi connectivity index (χ1n) is 7.73. The molecule has 4 nitrogen and oxygen atoms in total. The number of nitrogens with zero attached hydrogens (tertiary/aromatic N) is 3. The summed E-state index contributed by atoms with van der Waals surface area (Å²) in [4.78, 5) is 11.6. The van der Waals surface area contributed by atoms with Crippen LogP contribution < -0.4 is 5.32 Å². The van der Waals surface area contributed by atoms with Gasteiger partial charge in [-0.1, -0.05) is 0 Å². The van der Waals surface area contributed by atoms with E-state index in [4.69, 9.17) is 0 Å². The van der Waals surface area contributed by atoms with Crippen molar-refractivity contribution in [1.82, 2.24) is 14.9 Å². The van der Waals surface area contributed by atoms with Gasteiger partial charge in [-0.15, -0.1) is 0 Å². The van der Waals surface area contributed by atoms with Crippen LogP contribution in [0, 0.1) is 0 Å². The number of aromatic nitrogens is 2. The van der Waals surface area contributed by atoms with Crippen molar-refractivity contribution in [3.63, 3.8) is 0 Å². The fourth-order valence-electron chi connectivity index (χ4n) is 3.52. The van der Waals surface area contributed by atoms with Crippen LogP contribution in [0.5, 0.6) is 0 Å². The molecule has 3 aliphatic rings. The van der Waals surface area contributed by atoms with E-state index in [0.717, 1.165) is 24.7 Å². The third-order valence-electron chi connectivity index (χ3n) is 4.75. The van der Waals surface area contributed by atoms with Gasteiger partial charge in [0.15, 0.2) is 0 Å². The van der Waals surface area contributed by atoms with Gasteiger partial charge in [0, 0.05) is 36.4 Å². The lowest BCUT2D eigenvalue weighted by atomic mass is 9.96. The second-order valence-corrected chi connectivity index (χ2v) is 6.21. The van der Waals surface area contributed by atoms with Gasteiger partial charge in [-0.05, 0) is 44.9 Å². The number of likely N-dealkylation sites (tertiary alicyclic amines) is 1. The number of aryl methyl sites for hydroxylation is 1. The number of nitrogens with one attached hydrogen (secondary N) is 1. The Labute approximate surface area is 114 Å². The highest BCUT2D eigenvalue weighted by Crippen LogP contribution is 2.31. The lowest BCUT2D eigenvalue weighted by Gasteiger charge is -2.21. The third-order valence-corrected chi connectivity index (χ3v) is 4.75. The number of hydrogen-bond donors (Lipinski definition) is 1. The molecule has 1 saturated heterocycles. The highest BCUT2D eigenvalue weighted by Gasteiger charge is 2.34. The van der Waals surface area contributed by atoms with E-state index in [0.29, 0.717) is 6.04 Å². The molecule has 1 N–H and O–H groups in total. The maximum atomic E-state index is 4.50. The van der Waals surface area contributed by atoms with Crippen LogP contribution in [0.15, 0.2) is 6.33 Å². The van der Waals surface area contributed by atoms with Crippen LogP contribution in [0.4, 0.5) is 5.82 Å². The van der Waals surface area contributed by atoms with E-state index >= 15 is 0 Å². The summed E-state index contributed by atoms with van der Waals surface area (Å²) < 4.78 is 0. The van der Waals surface area contributed by atoms with Gasteiger partial charge in [0.25, 0.3) is 0 Å². The molecule has 1 aliphatic heterocycles. The zero-order valence-corrected chi connectivity index (χ0v) is 11.4. The van der Waals surface area contributed by atoms with Crippen molar-refractivity contribution in [2.75, 3.05) is 18.4 Å². The molecule has 102 valence electrons. The average Bonchev–Trinajstić information content (AvgIpc) is 3.20. The van der Waals surface area contributed by atoms with Gasteiger partial charge in [0.1, 0.15) is 12.1 Å². The molecule has 0 aromatic carbocycles. The van der Waals surface area contributed by atoms with Gasteiger partial charge in [0.2, 0.25) is 0 Å². The number of rotatable bonds is 3. The van der Waals surface area contributed by atoms with Crippen LogP contribution in [0.1, 0.15) is 43.4 Å². The molecule has 2 aliphatic carbocycles. The topological polar surface area (TPSA) is 41.1 Å². The summed E-state index contributed by atoms with van der Waals surface area (Å²) in [7, 11) is 0. The molecule has 0 radical (unpaired) electrons. The summed E-state index contributed by atoms with van der Waals surface area (Å²) in [5.74, 6) is 1.12. The van der Waals surface area contributed by atoms with Crippen molar-refractivity contribution in [2.24, 2.45) is 0 Å². The minimum atomic E-state index is 0.585. The van der Waals surface area contributed by atoms with Gasteiger partial charge in [-0.25, -0.2) is 9.97 Å². The molecular weight excluding hydrogens is 236 g/mol. The van der Waals surface area contributed by atoms with Crippen LogP contribution in [-0.4, -0.2) is 40.0 Å². The SMILES string of the molecule is c1nc2c(c(NC3CCN(C4CC4)C3)n1)CCCC2. The van der Waals surface area contributed by atoms with E-state index in [1.54, 1.807) is 6.33 Å². The number of fused-ring (bicyclic) bond motifs is 1. The summed E-state index contributed by atoms with van der Waals surface area (Å²) in [6, 6.07) is 1.48. The number of hydrogen-bond acceptors (Lipinski definition) is 4. The first-order valence-corrected chi connectivity index (χ1v) is 7.73. The Morgan fingerprint density at radius 1 is 1.11 bits per heavy atom. The van der Waals surface area contributed by atoms with Crippen LogP contribution in [0.3, 0.4) is 0 Å². The van der Waals surface area contributed by atoms with Crippen molar-refractivity contribution < 1.29 is 0 Å². The van der Waals surface area contributed by atoms with Crippen molar-refractivity contribution >= 4 is 5.82 Å². The summed E-state index contributed by atoms with van der Waals surface area (Å²) in [5.41, 5.74) is 2.67. The smallest absolute Gasteiger partial charge is 0.133 e. The third kappa shape index (κ3) is 2.34. The summed E-state index contributed by atoms with van der Waals surface area (Å²) in [5, 5.41) is 3.69. The van der Waals surface area contributed by atoms with Crippen molar-refractivity contribution in [3.8, 4) is 0 Å². The minimum absolute atomic E-state index is 0.585. The molecule has 1 unspecified atom stereocenters. The summed E-state index contributed by atoms with van der Waals surface area (Å²) in [6.45, 7) is 2.46. The molecule has 19 heavy (non-hydrogen) atoms.